The first-order valence-corrected chi connectivity index (χ1v) is 8.15. The van der Waals surface area contributed by atoms with E-state index in [0.29, 0.717) is 10.9 Å². The smallest absolute Gasteiger partial charge is 0.247 e. The number of rotatable bonds is 0. The number of hydrogen-bond acceptors (Lipinski definition) is 2. The summed E-state index contributed by atoms with van der Waals surface area (Å²) in [5.41, 5.74) is 4.04. The lowest BCUT2D eigenvalue weighted by Crippen LogP contribution is -2.05. The lowest BCUT2D eigenvalue weighted by atomic mass is 10.0. The van der Waals surface area contributed by atoms with Crippen LogP contribution in [0.25, 0.3) is 22.2 Å². The van der Waals surface area contributed by atoms with Gasteiger partial charge in [0.25, 0.3) is 0 Å². The second kappa shape index (κ2) is 4.99. The molecule has 0 saturated carbocycles. The average Bonchev–Trinajstić information content (AvgIpc) is 2.51. The summed E-state index contributed by atoms with van der Waals surface area (Å²) in [5, 5.41) is 0.537. The zero-order chi connectivity index (χ0) is 16.2. The molecule has 1 aliphatic rings. The van der Waals surface area contributed by atoms with Gasteiger partial charge in [-0.05, 0) is 48.9 Å². The van der Waals surface area contributed by atoms with Gasteiger partial charge < -0.3 is 0 Å². The zero-order valence-corrected chi connectivity index (χ0v) is 13.1. The summed E-state index contributed by atoms with van der Waals surface area (Å²) in [6.07, 6.45) is -4.33. The number of thioether (sulfide) groups is 1. The molecule has 1 aliphatic heterocycles. The van der Waals surface area contributed by atoms with E-state index in [1.165, 1.54) is 17.0 Å². The van der Waals surface area contributed by atoms with Crippen molar-refractivity contribution in [2.45, 2.75) is 23.7 Å². The van der Waals surface area contributed by atoms with Crippen LogP contribution in [0.5, 0.6) is 0 Å². The maximum atomic E-state index is 12.9. The van der Waals surface area contributed by atoms with Crippen LogP contribution in [0.1, 0.15) is 16.7 Å². The van der Waals surface area contributed by atoms with Gasteiger partial charge in [0, 0.05) is 21.6 Å². The zero-order valence-electron chi connectivity index (χ0n) is 12.2. The summed E-state index contributed by atoms with van der Waals surface area (Å²) >= 11 is 1.70. The Bertz CT molecular complexity index is 931. The van der Waals surface area contributed by atoms with Crippen molar-refractivity contribution in [2.75, 3.05) is 0 Å². The highest BCUT2D eigenvalue weighted by Crippen LogP contribution is 2.42. The Hall–Kier alpha value is -2.01. The van der Waals surface area contributed by atoms with Crippen LogP contribution in [0, 0.1) is 6.92 Å². The van der Waals surface area contributed by atoms with E-state index in [-0.39, 0.29) is 0 Å². The minimum absolute atomic E-state index is 0.537. The molecule has 0 saturated heterocycles. The molecule has 116 valence electrons. The molecule has 2 heterocycles. The monoisotopic (exact) mass is 331 g/mol. The molecule has 4 rings (SSSR count). The van der Waals surface area contributed by atoms with E-state index in [1.807, 2.05) is 13.0 Å². The fourth-order valence-corrected chi connectivity index (χ4v) is 3.86. The van der Waals surface area contributed by atoms with Crippen molar-refractivity contribution < 1.29 is 13.2 Å². The van der Waals surface area contributed by atoms with Gasteiger partial charge in [-0.15, -0.1) is 11.8 Å². The molecule has 1 aromatic heterocycles. The van der Waals surface area contributed by atoms with Gasteiger partial charge in [0.2, 0.25) is 0 Å². The Morgan fingerprint density at radius 3 is 2.65 bits per heavy atom. The van der Waals surface area contributed by atoms with Crippen LogP contribution < -0.4 is 0 Å². The molecule has 2 aromatic carbocycles. The first-order chi connectivity index (χ1) is 10.9. The molecular formula is C18H12F3NS. The molecule has 0 aliphatic carbocycles. The molecule has 23 heavy (non-hydrogen) atoms. The van der Waals surface area contributed by atoms with Crippen LogP contribution >= 0.6 is 11.8 Å². The fourth-order valence-electron chi connectivity index (χ4n) is 2.85. The van der Waals surface area contributed by atoms with Crippen LogP contribution in [0.2, 0.25) is 0 Å². The van der Waals surface area contributed by atoms with E-state index >= 15 is 0 Å². The molecular weight excluding hydrogens is 319 g/mol. The molecule has 0 amide bonds. The second-order valence-electron chi connectivity index (χ2n) is 5.69. The molecule has 0 unspecified atom stereocenters. The van der Waals surface area contributed by atoms with Gasteiger partial charge in [0.05, 0.1) is 16.8 Å². The van der Waals surface area contributed by atoms with Crippen molar-refractivity contribution in [2.24, 2.45) is 0 Å². The maximum Gasteiger partial charge on any atom is 0.416 e. The highest BCUT2D eigenvalue weighted by molar-refractivity contribution is 7.98. The van der Waals surface area contributed by atoms with Gasteiger partial charge in [0.1, 0.15) is 0 Å². The third-order valence-corrected chi connectivity index (χ3v) is 5.12. The van der Waals surface area contributed by atoms with Gasteiger partial charge in [-0.3, -0.25) is 0 Å². The van der Waals surface area contributed by atoms with Crippen molar-refractivity contribution >= 4 is 22.7 Å². The highest BCUT2D eigenvalue weighted by atomic mass is 32.2. The number of aryl methyl sites for hydroxylation is 1. The summed E-state index contributed by atoms with van der Waals surface area (Å²) in [7, 11) is 0. The molecule has 3 aromatic rings. The van der Waals surface area contributed by atoms with E-state index < -0.39 is 11.7 Å². The topological polar surface area (TPSA) is 12.9 Å². The van der Waals surface area contributed by atoms with Crippen LogP contribution in [-0.4, -0.2) is 4.98 Å². The molecule has 0 spiro atoms. The van der Waals surface area contributed by atoms with Crippen molar-refractivity contribution in [1.82, 2.24) is 4.98 Å². The van der Waals surface area contributed by atoms with E-state index in [0.717, 1.165) is 34.2 Å². The van der Waals surface area contributed by atoms with Crippen molar-refractivity contribution in [3.05, 3.63) is 59.2 Å². The number of pyridine rings is 1. The lowest BCUT2D eigenvalue weighted by Gasteiger charge is -2.20. The quantitative estimate of drug-likeness (QED) is 0.514. The normalized spacial score (nSPS) is 13.7. The Balaban J connectivity index is 1.93. The van der Waals surface area contributed by atoms with Gasteiger partial charge in [0.15, 0.2) is 0 Å². The van der Waals surface area contributed by atoms with Crippen LogP contribution in [0.15, 0.2) is 47.4 Å². The SMILES string of the molecule is Cc1ccc2c(c1)-c1nc3ccc(C(F)(F)F)cc3cc1CS2. The van der Waals surface area contributed by atoms with E-state index in [4.69, 9.17) is 0 Å². The standard InChI is InChI=1S/C18H12F3NS/c1-10-2-5-16-14(6-10)17-12(9-23-16)7-11-8-13(18(19,20)21)3-4-15(11)22-17/h2-8H,9H2,1H3. The number of benzene rings is 2. The highest BCUT2D eigenvalue weighted by Gasteiger charge is 2.30. The molecule has 0 N–H and O–H groups in total. The van der Waals surface area contributed by atoms with Gasteiger partial charge in [-0.25, -0.2) is 4.98 Å². The third-order valence-electron chi connectivity index (χ3n) is 3.99. The summed E-state index contributed by atoms with van der Waals surface area (Å²) in [4.78, 5) is 5.81. The first-order valence-electron chi connectivity index (χ1n) is 7.16. The molecule has 5 heteroatoms. The Kier molecular flexibility index (Phi) is 3.17. The van der Waals surface area contributed by atoms with E-state index in [2.05, 4.69) is 23.2 Å². The number of nitrogens with zero attached hydrogens (tertiary/aromatic N) is 1. The van der Waals surface area contributed by atoms with E-state index in [9.17, 15) is 13.2 Å². The van der Waals surface area contributed by atoms with Gasteiger partial charge >= 0.3 is 6.18 Å². The maximum absolute atomic E-state index is 12.9. The van der Waals surface area contributed by atoms with Crippen molar-refractivity contribution in [1.29, 1.82) is 0 Å². The summed E-state index contributed by atoms with van der Waals surface area (Å²) < 4.78 is 38.6. The van der Waals surface area contributed by atoms with Crippen LogP contribution in [0.3, 0.4) is 0 Å². The second-order valence-corrected chi connectivity index (χ2v) is 6.71. The van der Waals surface area contributed by atoms with Gasteiger partial charge in [-0.2, -0.15) is 13.2 Å². The number of hydrogen-bond donors (Lipinski definition) is 0. The summed E-state index contributed by atoms with van der Waals surface area (Å²) in [6, 6.07) is 11.8. The van der Waals surface area contributed by atoms with Crippen molar-refractivity contribution in [3.63, 3.8) is 0 Å². The van der Waals surface area contributed by atoms with Gasteiger partial charge in [-0.1, -0.05) is 11.6 Å². The minimum Gasteiger partial charge on any atom is -0.247 e. The number of fused-ring (bicyclic) bond motifs is 4. The molecule has 0 fully saturated rings. The summed E-state index contributed by atoms with van der Waals surface area (Å²) in [5.74, 6) is 0.727. The Morgan fingerprint density at radius 2 is 1.87 bits per heavy atom. The molecule has 0 radical (unpaired) electrons. The predicted octanol–water partition coefficient (Wildman–Crippen LogP) is 5.83. The number of halogens is 3. The molecule has 0 bridgehead atoms. The molecule has 0 atom stereocenters. The average molecular weight is 331 g/mol. The first kappa shape index (κ1) is 14.6. The predicted molar refractivity (Wildman–Crippen MR) is 86.5 cm³/mol. The fraction of sp³-hybridized carbons (Fsp3) is 0.167. The third kappa shape index (κ3) is 2.49. The van der Waals surface area contributed by atoms with Crippen LogP contribution in [-0.2, 0) is 11.9 Å². The lowest BCUT2D eigenvalue weighted by molar-refractivity contribution is -0.137. The minimum atomic E-state index is -4.33. The largest absolute Gasteiger partial charge is 0.416 e. The number of alkyl halides is 3. The van der Waals surface area contributed by atoms with E-state index in [1.54, 1.807) is 11.8 Å². The van der Waals surface area contributed by atoms with Crippen molar-refractivity contribution in [3.8, 4) is 11.3 Å². The van der Waals surface area contributed by atoms with Crippen LogP contribution in [0.4, 0.5) is 13.2 Å². The molecule has 1 nitrogen and oxygen atoms in total. The Labute approximate surface area is 135 Å². The Morgan fingerprint density at radius 1 is 1.04 bits per heavy atom. The summed E-state index contributed by atoms with van der Waals surface area (Å²) in [6.45, 7) is 2.02. The number of aromatic nitrogens is 1.